The Bertz CT molecular complexity index is 987. The number of hydrazone groups is 1. The molecule has 0 bridgehead atoms. The zero-order valence-corrected chi connectivity index (χ0v) is 14.0. The van der Waals surface area contributed by atoms with Crippen LogP contribution < -0.4 is 4.74 Å². The Kier molecular flexibility index (Phi) is 3.38. The van der Waals surface area contributed by atoms with Crippen LogP contribution in [-0.2, 0) is 0 Å². The van der Waals surface area contributed by atoms with Crippen LogP contribution in [0.3, 0.4) is 0 Å². The third-order valence-corrected chi connectivity index (χ3v) is 4.82. The molecule has 26 heavy (non-hydrogen) atoms. The Labute approximate surface area is 151 Å². The summed E-state index contributed by atoms with van der Waals surface area (Å²) >= 11 is 0. The van der Waals surface area contributed by atoms with Crippen molar-refractivity contribution < 1.29 is 9.84 Å². The minimum absolute atomic E-state index is 0.0873. The Hall–Kier alpha value is -3.34. The lowest BCUT2D eigenvalue weighted by molar-refractivity contribution is -0.0218. The van der Waals surface area contributed by atoms with Crippen molar-refractivity contribution in [3.05, 3.63) is 89.7 Å². The van der Waals surface area contributed by atoms with E-state index in [4.69, 9.17) is 9.84 Å². The summed E-state index contributed by atoms with van der Waals surface area (Å²) in [6, 6.07) is 21.2. The van der Waals surface area contributed by atoms with Crippen LogP contribution in [0.4, 0.5) is 0 Å². The maximum Gasteiger partial charge on any atom is 0.230 e. The molecule has 1 aromatic heterocycles. The lowest BCUT2D eigenvalue weighted by Crippen LogP contribution is -2.34. The van der Waals surface area contributed by atoms with Gasteiger partial charge in [-0.1, -0.05) is 36.4 Å². The molecule has 3 aromatic rings. The molecule has 5 nitrogen and oxygen atoms in total. The van der Waals surface area contributed by atoms with Gasteiger partial charge in [0, 0.05) is 23.7 Å². The number of pyridine rings is 1. The number of hydrogen-bond donors (Lipinski definition) is 1. The van der Waals surface area contributed by atoms with Crippen molar-refractivity contribution in [3.8, 4) is 11.5 Å². The number of aromatic nitrogens is 1. The number of phenols is 1. The van der Waals surface area contributed by atoms with Crippen molar-refractivity contribution in [2.45, 2.75) is 18.7 Å². The summed E-state index contributed by atoms with van der Waals surface area (Å²) in [5.74, 6) is 1.12. The first-order valence-corrected chi connectivity index (χ1v) is 8.61. The summed E-state index contributed by atoms with van der Waals surface area (Å²) in [6.07, 6.45) is 2.16. The molecule has 2 aliphatic heterocycles. The number of benzene rings is 2. The van der Waals surface area contributed by atoms with E-state index in [1.54, 1.807) is 18.3 Å². The van der Waals surface area contributed by atoms with E-state index in [-0.39, 0.29) is 18.0 Å². The van der Waals surface area contributed by atoms with E-state index in [2.05, 4.69) is 11.1 Å². The van der Waals surface area contributed by atoms with E-state index >= 15 is 0 Å². The van der Waals surface area contributed by atoms with E-state index in [1.165, 1.54) is 0 Å². The molecule has 0 amide bonds. The highest BCUT2D eigenvalue weighted by Crippen LogP contribution is 2.47. The van der Waals surface area contributed by atoms with Crippen molar-refractivity contribution in [2.75, 3.05) is 0 Å². The molecular weight excluding hydrogens is 326 g/mol. The third-order valence-electron chi connectivity index (χ3n) is 4.82. The van der Waals surface area contributed by atoms with Gasteiger partial charge in [-0.2, -0.15) is 5.10 Å². The fraction of sp³-hybridized carbons (Fsp3) is 0.143. The number of aromatic hydroxyl groups is 1. The van der Waals surface area contributed by atoms with Gasteiger partial charge in [0.05, 0.1) is 11.8 Å². The van der Waals surface area contributed by atoms with Gasteiger partial charge < -0.3 is 9.84 Å². The Morgan fingerprint density at radius 3 is 2.73 bits per heavy atom. The molecule has 1 N–H and O–H groups in total. The largest absolute Gasteiger partial charge is 0.508 e. The van der Waals surface area contributed by atoms with Crippen LogP contribution in [0.15, 0.2) is 78.0 Å². The number of para-hydroxylation sites is 1. The minimum Gasteiger partial charge on any atom is -0.508 e. The zero-order chi connectivity index (χ0) is 17.5. The van der Waals surface area contributed by atoms with Gasteiger partial charge in [0.1, 0.15) is 17.2 Å². The van der Waals surface area contributed by atoms with E-state index < -0.39 is 0 Å². The first-order chi connectivity index (χ1) is 12.8. The molecule has 3 heterocycles. The summed E-state index contributed by atoms with van der Waals surface area (Å²) < 4.78 is 6.25. The lowest BCUT2D eigenvalue weighted by Gasteiger charge is -2.37. The predicted octanol–water partition coefficient (Wildman–Crippen LogP) is 4.03. The topological polar surface area (TPSA) is 58.0 Å². The summed E-state index contributed by atoms with van der Waals surface area (Å²) in [5, 5.41) is 16.7. The average molecular weight is 343 g/mol. The molecule has 0 saturated heterocycles. The molecule has 2 aromatic carbocycles. The first-order valence-electron chi connectivity index (χ1n) is 8.61. The van der Waals surface area contributed by atoms with Gasteiger partial charge in [-0.05, 0) is 30.3 Å². The van der Waals surface area contributed by atoms with E-state index in [9.17, 15) is 5.11 Å². The molecular formula is C21H17N3O2. The van der Waals surface area contributed by atoms with Crippen LogP contribution in [0.5, 0.6) is 11.5 Å². The monoisotopic (exact) mass is 343 g/mol. The molecule has 0 unspecified atom stereocenters. The highest BCUT2D eigenvalue weighted by atomic mass is 16.5. The van der Waals surface area contributed by atoms with Gasteiger partial charge >= 0.3 is 0 Å². The van der Waals surface area contributed by atoms with Crippen LogP contribution in [0, 0.1) is 0 Å². The summed E-state index contributed by atoms with van der Waals surface area (Å²) in [5.41, 5.74) is 3.82. The maximum atomic E-state index is 9.82. The van der Waals surface area contributed by atoms with Crippen LogP contribution >= 0.6 is 0 Å². The standard InChI is InChI=1S/C21H17N3O2/c25-15-7-5-6-14(12-15)18-13-19-16-8-1-2-10-20(16)26-21(24(19)23-18)17-9-3-4-11-22-17/h1-12,19,21,25H,13H2/t19-,21-/m1/s1. The molecule has 2 atom stereocenters. The lowest BCUT2D eigenvalue weighted by atomic mass is 9.96. The van der Waals surface area contributed by atoms with Crippen molar-refractivity contribution in [2.24, 2.45) is 5.10 Å². The molecule has 128 valence electrons. The quantitative estimate of drug-likeness (QED) is 0.763. The highest BCUT2D eigenvalue weighted by Gasteiger charge is 2.41. The van der Waals surface area contributed by atoms with Gasteiger partial charge in [-0.15, -0.1) is 0 Å². The molecule has 0 spiro atoms. The second-order valence-corrected chi connectivity index (χ2v) is 6.46. The number of rotatable bonds is 2. The summed E-state index contributed by atoms with van der Waals surface area (Å²) in [7, 11) is 0. The number of fused-ring (bicyclic) bond motifs is 3. The van der Waals surface area contributed by atoms with Gasteiger partial charge in [0.25, 0.3) is 0 Å². The van der Waals surface area contributed by atoms with E-state index in [0.717, 1.165) is 34.7 Å². The molecule has 5 rings (SSSR count). The third kappa shape index (κ3) is 2.40. The Morgan fingerprint density at radius 1 is 1.00 bits per heavy atom. The molecule has 5 heteroatoms. The Morgan fingerprint density at radius 2 is 1.88 bits per heavy atom. The first kappa shape index (κ1) is 15.0. The molecule has 0 radical (unpaired) electrons. The van der Waals surface area contributed by atoms with Gasteiger partial charge in [0.2, 0.25) is 6.23 Å². The van der Waals surface area contributed by atoms with E-state index in [1.807, 2.05) is 53.5 Å². The fourth-order valence-electron chi connectivity index (χ4n) is 3.61. The summed E-state index contributed by atoms with van der Waals surface area (Å²) in [4.78, 5) is 4.47. The van der Waals surface area contributed by atoms with Crippen molar-refractivity contribution in [1.82, 2.24) is 9.99 Å². The Balaban J connectivity index is 1.60. The molecule has 0 fully saturated rings. The smallest absolute Gasteiger partial charge is 0.230 e. The zero-order valence-electron chi connectivity index (χ0n) is 14.0. The number of phenolic OH excluding ortho intramolecular Hbond substituents is 1. The second-order valence-electron chi connectivity index (χ2n) is 6.46. The van der Waals surface area contributed by atoms with Crippen LogP contribution in [0.2, 0.25) is 0 Å². The fourth-order valence-corrected chi connectivity index (χ4v) is 3.61. The van der Waals surface area contributed by atoms with Crippen molar-refractivity contribution >= 4 is 5.71 Å². The predicted molar refractivity (Wildman–Crippen MR) is 97.9 cm³/mol. The van der Waals surface area contributed by atoms with E-state index in [0.29, 0.717) is 0 Å². The number of hydrogen-bond acceptors (Lipinski definition) is 5. The van der Waals surface area contributed by atoms with Gasteiger partial charge in [-0.25, -0.2) is 5.01 Å². The SMILES string of the molecule is Oc1cccc(C2=NN3[C@H](C2)c2ccccc2O[C@@H]3c2ccccn2)c1. The van der Waals surface area contributed by atoms with Crippen LogP contribution in [0.25, 0.3) is 0 Å². The highest BCUT2D eigenvalue weighted by molar-refractivity contribution is 6.02. The van der Waals surface area contributed by atoms with Crippen LogP contribution in [-0.4, -0.2) is 20.8 Å². The summed E-state index contributed by atoms with van der Waals surface area (Å²) in [6.45, 7) is 0. The second kappa shape index (κ2) is 5.88. The minimum atomic E-state index is -0.370. The van der Waals surface area contributed by atoms with Crippen molar-refractivity contribution in [1.29, 1.82) is 0 Å². The molecule has 2 aliphatic rings. The molecule has 0 aliphatic carbocycles. The van der Waals surface area contributed by atoms with Gasteiger partial charge in [-0.3, -0.25) is 4.98 Å². The maximum absolute atomic E-state index is 9.82. The van der Waals surface area contributed by atoms with Crippen LogP contribution in [0.1, 0.15) is 35.5 Å². The number of ether oxygens (including phenoxy) is 1. The molecule has 0 saturated carbocycles. The average Bonchev–Trinajstić information content (AvgIpc) is 3.14. The van der Waals surface area contributed by atoms with Crippen molar-refractivity contribution in [3.63, 3.8) is 0 Å². The van der Waals surface area contributed by atoms with Gasteiger partial charge in [0.15, 0.2) is 0 Å². The number of nitrogens with zero attached hydrogens (tertiary/aromatic N) is 3. The normalized spacial score (nSPS) is 20.8.